The summed E-state index contributed by atoms with van der Waals surface area (Å²) in [6, 6.07) is 8.67. The lowest BCUT2D eigenvalue weighted by molar-refractivity contribution is 0.734. The topological polar surface area (TPSA) is 40.7 Å². The van der Waals surface area contributed by atoms with Gasteiger partial charge in [-0.2, -0.15) is 5.10 Å². The van der Waals surface area contributed by atoms with E-state index < -0.39 is 0 Å². The van der Waals surface area contributed by atoms with E-state index in [1.165, 1.54) is 28.1 Å². The molecule has 0 spiro atoms. The number of nitrogens with zero attached hydrogens (tertiary/aromatic N) is 1. The minimum atomic E-state index is 0.924. The Morgan fingerprint density at radius 3 is 2.81 bits per heavy atom. The second-order valence-electron chi connectivity index (χ2n) is 4.39. The highest BCUT2D eigenvalue weighted by atomic mass is 15.2. The molecule has 2 N–H and O–H groups in total. The number of hydrogen-bond donors (Lipinski definition) is 2. The molecule has 3 rings (SSSR count). The van der Waals surface area contributed by atoms with Crippen LogP contribution in [0.2, 0.25) is 0 Å². The smallest absolute Gasteiger partial charge is 0.0714 e. The number of benzene rings is 1. The van der Waals surface area contributed by atoms with Gasteiger partial charge in [0.15, 0.2) is 0 Å². The molecule has 1 aromatic heterocycles. The first-order valence-corrected chi connectivity index (χ1v) is 5.64. The SMILES string of the molecule is Cc1ccc(Cc2n[nH]c3c2CNC3)cc1. The first-order valence-electron chi connectivity index (χ1n) is 5.64. The predicted molar refractivity (Wildman–Crippen MR) is 63.1 cm³/mol. The van der Waals surface area contributed by atoms with E-state index in [1.807, 2.05) is 0 Å². The van der Waals surface area contributed by atoms with Gasteiger partial charge in [0.1, 0.15) is 0 Å². The van der Waals surface area contributed by atoms with Crippen molar-refractivity contribution < 1.29 is 0 Å². The van der Waals surface area contributed by atoms with E-state index in [2.05, 4.69) is 46.7 Å². The maximum atomic E-state index is 4.39. The van der Waals surface area contributed by atoms with Crippen molar-refractivity contribution in [2.45, 2.75) is 26.4 Å². The summed E-state index contributed by atoms with van der Waals surface area (Å²) in [6.07, 6.45) is 0.924. The maximum absolute atomic E-state index is 4.39. The molecule has 2 heterocycles. The van der Waals surface area contributed by atoms with Crippen molar-refractivity contribution >= 4 is 0 Å². The van der Waals surface area contributed by atoms with Crippen LogP contribution in [0.1, 0.15) is 28.1 Å². The molecule has 3 nitrogen and oxygen atoms in total. The minimum Gasteiger partial charge on any atom is -0.307 e. The van der Waals surface area contributed by atoms with Crippen molar-refractivity contribution in [3.63, 3.8) is 0 Å². The third-order valence-electron chi connectivity index (χ3n) is 3.13. The van der Waals surface area contributed by atoms with Crippen LogP contribution in [0.5, 0.6) is 0 Å². The second kappa shape index (κ2) is 3.76. The molecule has 1 aliphatic rings. The van der Waals surface area contributed by atoms with Crippen LogP contribution in [0.4, 0.5) is 0 Å². The summed E-state index contributed by atoms with van der Waals surface area (Å²) in [7, 11) is 0. The largest absolute Gasteiger partial charge is 0.307 e. The van der Waals surface area contributed by atoms with Crippen LogP contribution in [-0.4, -0.2) is 10.2 Å². The lowest BCUT2D eigenvalue weighted by Gasteiger charge is -2.01. The number of rotatable bonds is 2. The summed E-state index contributed by atoms with van der Waals surface area (Å²) in [4.78, 5) is 0. The Balaban J connectivity index is 1.86. The number of aryl methyl sites for hydroxylation is 1. The fourth-order valence-electron chi connectivity index (χ4n) is 2.16. The monoisotopic (exact) mass is 213 g/mol. The van der Waals surface area contributed by atoms with Crippen molar-refractivity contribution in [3.8, 4) is 0 Å². The van der Waals surface area contributed by atoms with Gasteiger partial charge in [-0.1, -0.05) is 29.8 Å². The van der Waals surface area contributed by atoms with Gasteiger partial charge in [0.25, 0.3) is 0 Å². The normalized spacial score (nSPS) is 14.1. The zero-order chi connectivity index (χ0) is 11.0. The summed E-state index contributed by atoms with van der Waals surface area (Å²) in [6.45, 7) is 3.99. The van der Waals surface area contributed by atoms with Crippen molar-refractivity contribution in [2.24, 2.45) is 0 Å². The molecule has 1 aliphatic heterocycles. The number of fused-ring (bicyclic) bond motifs is 1. The Labute approximate surface area is 94.9 Å². The summed E-state index contributed by atoms with van der Waals surface area (Å²) < 4.78 is 0. The van der Waals surface area contributed by atoms with Crippen molar-refractivity contribution in [1.29, 1.82) is 0 Å². The van der Waals surface area contributed by atoms with Gasteiger partial charge in [-0.25, -0.2) is 0 Å². The number of nitrogens with one attached hydrogen (secondary N) is 2. The van der Waals surface area contributed by atoms with E-state index in [4.69, 9.17) is 0 Å². The average molecular weight is 213 g/mol. The molecular formula is C13H15N3. The Morgan fingerprint density at radius 1 is 1.19 bits per heavy atom. The highest BCUT2D eigenvalue weighted by Crippen LogP contribution is 2.19. The lowest BCUT2D eigenvalue weighted by atomic mass is 10.1. The van der Waals surface area contributed by atoms with E-state index in [0.29, 0.717) is 0 Å². The molecule has 0 atom stereocenters. The molecule has 2 aromatic rings. The van der Waals surface area contributed by atoms with Gasteiger partial charge in [-0.05, 0) is 12.5 Å². The lowest BCUT2D eigenvalue weighted by Crippen LogP contribution is -2.04. The van der Waals surface area contributed by atoms with Crippen LogP contribution in [0, 0.1) is 6.92 Å². The Kier molecular flexibility index (Phi) is 2.26. The molecule has 0 saturated heterocycles. The van der Waals surface area contributed by atoms with Crippen LogP contribution in [0.25, 0.3) is 0 Å². The number of hydrogen-bond acceptors (Lipinski definition) is 2. The Bertz CT molecular complexity index is 496. The maximum Gasteiger partial charge on any atom is 0.0714 e. The van der Waals surface area contributed by atoms with E-state index in [-0.39, 0.29) is 0 Å². The fraction of sp³-hybridized carbons (Fsp3) is 0.308. The van der Waals surface area contributed by atoms with E-state index >= 15 is 0 Å². The summed E-state index contributed by atoms with van der Waals surface area (Å²) in [5, 5.41) is 10.8. The summed E-state index contributed by atoms with van der Waals surface area (Å²) in [5.41, 5.74) is 6.43. The average Bonchev–Trinajstić information content (AvgIpc) is 2.86. The molecule has 0 bridgehead atoms. The van der Waals surface area contributed by atoms with Gasteiger partial charge in [0.2, 0.25) is 0 Å². The molecule has 82 valence electrons. The van der Waals surface area contributed by atoms with Gasteiger partial charge in [0.05, 0.1) is 11.4 Å². The van der Waals surface area contributed by atoms with Crippen LogP contribution < -0.4 is 5.32 Å². The molecule has 0 radical (unpaired) electrons. The summed E-state index contributed by atoms with van der Waals surface area (Å²) >= 11 is 0. The predicted octanol–water partition coefficient (Wildman–Crippen LogP) is 1.91. The molecule has 0 amide bonds. The van der Waals surface area contributed by atoms with E-state index in [0.717, 1.165) is 19.5 Å². The standard InChI is InChI=1S/C13H15N3/c1-9-2-4-10(5-3-9)6-12-11-7-14-8-13(11)16-15-12/h2-5,14H,6-8H2,1H3,(H,15,16). The molecule has 0 fully saturated rings. The van der Waals surface area contributed by atoms with Gasteiger partial charge in [-0.15, -0.1) is 0 Å². The van der Waals surface area contributed by atoms with Crippen molar-refractivity contribution in [1.82, 2.24) is 15.5 Å². The Morgan fingerprint density at radius 2 is 2.00 bits per heavy atom. The number of aromatic amines is 1. The molecular weight excluding hydrogens is 198 g/mol. The zero-order valence-electron chi connectivity index (χ0n) is 9.38. The van der Waals surface area contributed by atoms with Gasteiger partial charge in [0, 0.05) is 25.1 Å². The van der Waals surface area contributed by atoms with E-state index in [9.17, 15) is 0 Å². The van der Waals surface area contributed by atoms with Gasteiger partial charge < -0.3 is 5.32 Å². The first kappa shape index (κ1) is 9.60. The molecule has 0 saturated carbocycles. The molecule has 16 heavy (non-hydrogen) atoms. The second-order valence-corrected chi connectivity index (χ2v) is 4.39. The first-order chi connectivity index (χ1) is 7.83. The van der Waals surface area contributed by atoms with E-state index in [1.54, 1.807) is 0 Å². The van der Waals surface area contributed by atoms with Gasteiger partial charge >= 0.3 is 0 Å². The molecule has 0 aliphatic carbocycles. The quantitative estimate of drug-likeness (QED) is 0.800. The number of aromatic nitrogens is 2. The Hall–Kier alpha value is -1.61. The summed E-state index contributed by atoms with van der Waals surface area (Å²) in [5.74, 6) is 0. The molecule has 0 unspecified atom stereocenters. The third-order valence-corrected chi connectivity index (χ3v) is 3.13. The van der Waals surface area contributed by atoms with Crippen LogP contribution in [0.3, 0.4) is 0 Å². The molecule has 1 aromatic carbocycles. The molecule has 3 heteroatoms. The highest BCUT2D eigenvalue weighted by molar-refractivity contribution is 5.33. The zero-order valence-corrected chi connectivity index (χ0v) is 9.38. The third kappa shape index (κ3) is 1.63. The fourth-order valence-corrected chi connectivity index (χ4v) is 2.16. The highest BCUT2D eigenvalue weighted by Gasteiger charge is 2.17. The van der Waals surface area contributed by atoms with Crippen LogP contribution >= 0.6 is 0 Å². The number of H-pyrrole nitrogens is 1. The van der Waals surface area contributed by atoms with Crippen LogP contribution in [-0.2, 0) is 19.5 Å². The van der Waals surface area contributed by atoms with Gasteiger partial charge in [-0.3, -0.25) is 5.10 Å². The minimum absolute atomic E-state index is 0.924. The van der Waals surface area contributed by atoms with Crippen molar-refractivity contribution in [3.05, 3.63) is 52.3 Å². The van der Waals surface area contributed by atoms with Crippen molar-refractivity contribution in [2.75, 3.05) is 0 Å². The van der Waals surface area contributed by atoms with Crippen LogP contribution in [0.15, 0.2) is 24.3 Å².